The predicted molar refractivity (Wildman–Crippen MR) is 91.9 cm³/mol. The van der Waals surface area contributed by atoms with E-state index in [2.05, 4.69) is 24.2 Å². The molecular weight excluding hydrogens is 272 g/mol. The molecule has 2 aromatic heterocycles. The van der Waals surface area contributed by atoms with Crippen molar-refractivity contribution >= 4 is 29.3 Å². The molecule has 110 valence electrons. The van der Waals surface area contributed by atoms with E-state index in [1.54, 1.807) is 6.20 Å². The van der Waals surface area contributed by atoms with Crippen LogP contribution in [0.2, 0.25) is 0 Å². The first-order chi connectivity index (χ1) is 10.7. The summed E-state index contributed by atoms with van der Waals surface area (Å²) in [5.41, 5.74) is 1.91. The number of benzene rings is 1. The molecule has 3 rings (SSSR count). The summed E-state index contributed by atoms with van der Waals surface area (Å²) in [6.07, 6.45) is 7.66. The van der Waals surface area contributed by atoms with Crippen molar-refractivity contribution in [3.63, 3.8) is 0 Å². The van der Waals surface area contributed by atoms with Crippen molar-refractivity contribution in [2.45, 2.75) is 6.92 Å². The highest BCUT2D eigenvalue weighted by molar-refractivity contribution is 5.87. The van der Waals surface area contributed by atoms with Gasteiger partial charge in [-0.05, 0) is 47.7 Å². The first kappa shape index (κ1) is 14.1. The maximum atomic E-state index is 5.49. The minimum atomic E-state index is 0.650. The summed E-state index contributed by atoms with van der Waals surface area (Å²) < 4.78 is 7.51. The van der Waals surface area contributed by atoms with Crippen LogP contribution in [0, 0.1) is 0 Å². The summed E-state index contributed by atoms with van der Waals surface area (Å²) in [6.45, 7) is 10.9. The molecule has 1 aromatic carbocycles. The van der Waals surface area contributed by atoms with E-state index >= 15 is 0 Å². The molecule has 0 amide bonds. The molecule has 0 radical (unpaired) electrons. The SMILES string of the molecule is C=C(/C=c1/ccc(OCC)cc1=C)n1ccc2ccncc21. The second kappa shape index (κ2) is 5.90. The minimum Gasteiger partial charge on any atom is -0.494 e. The zero-order chi connectivity index (χ0) is 15.5. The molecule has 0 unspecified atom stereocenters. The van der Waals surface area contributed by atoms with Crippen LogP contribution in [0.1, 0.15) is 6.92 Å². The van der Waals surface area contributed by atoms with Gasteiger partial charge in [-0.2, -0.15) is 0 Å². The Labute approximate surface area is 129 Å². The highest BCUT2D eigenvalue weighted by Crippen LogP contribution is 2.18. The number of pyridine rings is 1. The average molecular weight is 290 g/mol. The van der Waals surface area contributed by atoms with Crippen molar-refractivity contribution in [2.75, 3.05) is 6.61 Å². The Balaban J connectivity index is 2.01. The molecule has 3 aromatic rings. The van der Waals surface area contributed by atoms with Crippen molar-refractivity contribution in [2.24, 2.45) is 0 Å². The second-order valence-electron chi connectivity index (χ2n) is 5.05. The molecule has 2 heterocycles. The maximum absolute atomic E-state index is 5.49. The molecular formula is C19H18N2O. The molecule has 0 bridgehead atoms. The Hall–Kier alpha value is -2.81. The molecule has 0 aliphatic heterocycles. The lowest BCUT2D eigenvalue weighted by Crippen LogP contribution is -2.23. The predicted octanol–water partition coefficient (Wildman–Crippen LogP) is 2.80. The lowest BCUT2D eigenvalue weighted by Gasteiger charge is -2.05. The fourth-order valence-electron chi connectivity index (χ4n) is 2.45. The van der Waals surface area contributed by atoms with Gasteiger partial charge in [0.25, 0.3) is 0 Å². The van der Waals surface area contributed by atoms with Crippen LogP contribution in [-0.4, -0.2) is 16.2 Å². The van der Waals surface area contributed by atoms with Gasteiger partial charge in [-0.1, -0.05) is 19.2 Å². The zero-order valence-electron chi connectivity index (χ0n) is 12.6. The van der Waals surface area contributed by atoms with E-state index in [0.29, 0.717) is 6.61 Å². The summed E-state index contributed by atoms with van der Waals surface area (Å²) in [4.78, 5) is 4.18. The number of rotatable bonds is 4. The zero-order valence-corrected chi connectivity index (χ0v) is 12.6. The van der Waals surface area contributed by atoms with Crippen molar-refractivity contribution in [3.8, 4) is 5.75 Å². The van der Waals surface area contributed by atoms with Gasteiger partial charge >= 0.3 is 0 Å². The fourth-order valence-corrected chi connectivity index (χ4v) is 2.45. The van der Waals surface area contributed by atoms with Crippen LogP contribution in [-0.2, 0) is 0 Å². The summed E-state index contributed by atoms with van der Waals surface area (Å²) in [6, 6.07) is 9.94. The van der Waals surface area contributed by atoms with E-state index in [4.69, 9.17) is 4.74 Å². The van der Waals surface area contributed by atoms with Crippen LogP contribution in [0.4, 0.5) is 0 Å². The molecule has 0 spiro atoms. The van der Waals surface area contributed by atoms with Gasteiger partial charge in [0.2, 0.25) is 0 Å². The monoisotopic (exact) mass is 290 g/mol. The summed E-state index contributed by atoms with van der Waals surface area (Å²) >= 11 is 0. The molecule has 0 atom stereocenters. The van der Waals surface area contributed by atoms with E-state index in [9.17, 15) is 0 Å². The van der Waals surface area contributed by atoms with Gasteiger partial charge in [0.1, 0.15) is 5.75 Å². The Morgan fingerprint density at radius 2 is 2.18 bits per heavy atom. The van der Waals surface area contributed by atoms with E-state index in [1.165, 1.54) is 0 Å². The molecule has 0 saturated carbocycles. The smallest absolute Gasteiger partial charge is 0.119 e. The standard InChI is InChI=1S/C19H18N2O/c1-4-22-18-6-5-17(14(2)11-18)12-15(3)21-10-8-16-7-9-20-13-19(16)21/h5-13H,2-4H2,1H3/b17-12-. The number of hydrogen-bond acceptors (Lipinski definition) is 2. The van der Waals surface area contributed by atoms with Crippen LogP contribution >= 0.6 is 0 Å². The third-order valence-corrected chi connectivity index (χ3v) is 3.55. The highest BCUT2D eigenvalue weighted by Gasteiger charge is 2.02. The van der Waals surface area contributed by atoms with Crippen molar-refractivity contribution in [3.05, 3.63) is 65.9 Å². The highest BCUT2D eigenvalue weighted by atomic mass is 16.5. The van der Waals surface area contributed by atoms with Crippen LogP contribution < -0.4 is 15.2 Å². The Kier molecular flexibility index (Phi) is 3.79. The van der Waals surface area contributed by atoms with Gasteiger partial charge in [-0.25, -0.2) is 0 Å². The molecule has 0 fully saturated rings. The topological polar surface area (TPSA) is 27.1 Å². The summed E-state index contributed by atoms with van der Waals surface area (Å²) in [5.74, 6) is 0.839. The average Bonchev–Trinajstić information content (AvgIpc) is 2.94. The number of ether oxygens (including phenoxy) is 1. The van der Waals surface area contributed by atoms with E-state index in [-0.39, 0.29) is 0 Å². The minimum absolute atomic E-state index is 0.650. The third-order valence-electron chi connectivity index (χ3n) is 3.55. The van der Waals surface area contributed by atoms with Gasteiger partial charge in [0.15, 0.2) is 0 Å². The van der Waals surface area contributed by atoms with Gasteiger partial charge < -0.3 is 9.30 Å². The van der Waals surface area contributed by atoms with Crippen molar-refractivity contribution in [1.82, 2.24) is 9.55 Å². The maximum Gasteiger partial charge on any atom is 0.119 e. The third kappa shape index (κ3) is 2.66. The normalized spacial score (nSPS) is 11.8. The van der Waals surface area contributed by atoms with Crippen LogP contribution in [0.3, 0.4) is 0 Å². The van der Waals surface area contributed by atoms with Gasteiger partial charge in [0, 0.05) is 23.5 Å². The Morgan fingerprint density at radius 3 is 2.95 bits per heavy atom. The first-order valence-electron chi connectivity index (χ1n) is 7.23. The van der Waals surface area contributed by atoms with Crippen LogP contribution in [0.5, 0.6) is 5.75 Å². The Morgan fingerprint density at radius 1 is 1.32 bits per heavy atom. The molecule has 3 heteroatoms. The van der Waals surface area contributed by atoms with Crippen LogP contribution in [0.15, 0.2) is 55.5 Å². The quantitative estimate of drug-likeness (QED) is 0.739. The van der Waals surface area contributed by atoms with Gasteiger partial charge in [-0.3, -0.25) is 4.98 Å². The lowest BCUT2D eigenvalue weighted by atomic mass is 10.2. The summed E-state index contributed by atoms with van der Waals surface area (Å²) in [7, 11) is 0. The first-order valence-corrected chi connectivity index (χ1v) is 7.23. The number of nitrogens with zero attached hydrogens (tertiary/aromatic N) is 2. The lowest BCUT2D eigenvalue weighted by molar-refractivity contribution is 0.340. The molecule has 0 aliphatic carbocycles. The molecule has 22 heavy (non-hydrogen) atoms. The van der Waals surface area contributed by atoms with E-state index < -0.39 is 0 Å². The van der Waals surface area contributed by atoms with E-state index in [1.807, 2.05) is 54.2 Å². The summed E-state index contributed by atoms with van der Waals surface area (Å²) in [5, 5.41) is 3.09. The van der Waals surface area contributed by atoms with Crippen molar-refractivity contribution < 1.29 is 4.74 Å². The molecule has 3 nitrogen and oxygen atoms in total. The number of hydrogen-bond donors (Lipinski definition) is 0. The molecule has 0 N–H and O–H groups in total. The van der Waals surface area contributed by atoms with Crippen LogP contribution in [0.25, 0.3) is 29.3 Å². The number of allylic oxidation sites excluding steroid dienone is 1. The van der Waals surface area contributed by atoms with Crippen molar-refractivity contribution in [1.29, 1.82) is 0 Å². The van der Waals surface area contributed by atoms with Gasteiger partial charge in [-0.15, -0.1) is 0 Å². The van der Waals surface area contributed by atoms with E-state index in [0.717, 1.165) is 32.8 Å². The largest absolute Gasteiger partial charge is 0.494 e. The Bertz CT molecular complexity index is 937. The molecule has 0 saturated heterocycles. The molecule has 0 aliphatic rings. The second-order valence-corrected chi connectivity index (χ2v) is 5.05. The fraction of sp³-hybridized carbons (Fsp3) is 0.105. The number of aromatic nitrogens is 2. The number of fused-ring (bicyclic) bond motifs is 1. The van der Waals surface area contributed by atoms with Gasteiger partial charge in [0.05, 0.1) is 18.3 Å².